The quantitative estimate of drug-likeness (QED) is 0.683. The van der Waals surface area contributed by atoms with Crippen LogP contribution in [0.4, 0.5) is 9.18 Å². The smallest absolute Gasteiger partial charge is 0.407 e. The molecule has 3 rings (SSSR count). The minimum atomic E-state index is -4.07. The number of carbonyl (C=O) groups is 1. The maximum absolute atomic E-state index is 14.7. The van der Waals surface area contributed by atoms with Gasteiger partial charge in [0.1, 0.15) is 18.0 Å². The maximum atomic E-state index is 14.7. The Kier molecular flexibility index (Phi) is 5.64. The number of sulfone groups is 1. The second-order valence-corrected chi connectivity index (χ2v) is 8.16. The van der Waals surface area contributed by atoms with Crippen molar-refractivity contribution in [2.75, 3.05) is 7.05 Å². The van der Waals surface area contributed by atoms with Gasteiger partial charge in [0.15, 0.2) is 10.8 Å². The molecule has 2 heterocycles. The van der Waals surface area contributed by atoms with Gasteiger partial charge in [0.2, 0.25) is 9.84 Å². The van der Waals surface area contributed by atoms with Gasteiger partial charge in [0, 0.05) is 25.0 Å². The Hall–Kier alpha value is -3.27. The van der Waals surface area contributed by atoms with E-state index in [4.69, 9.17) is 4.74 Å². The van der Waals surface area contributed by atoms with Gasteiger partial charge < -0.3 is 10.1 Å². The fourth-order valence-corrected chi connectivity index (χ4v) is 3.92. The van der Waals surface area contributed by atoms with E-state index < -0.39 is 21.7 Å². The predicted molar refractivity (Wildman–Crippen MR) is 102 cm³/mol. The van der Waals surface area contributed by atoms with Crippen LogP contribution in [-0.4, -0.2) is 36.3 Å². The highest BCUT2D eigenvalue weighted by Crippen LogP contribution is 2.26. The molecule has 1 aromatic carbocycles. The van der Waals surface area contributed by atoms with E-state index >= 15 is 0 Å². The van der Waals surface area contributed by atoms with Crippen molar-refractivity contribution in [3.05, 3.63) is 65.4 Å². The first-order chi connectivity index (χ1) is 13.7. The SMILES string of the molecule is CNC(=O)OCc1cc(S(=O)(=O)c2ccc(C)nc2)n(-c2cccc(C)c2F)n1. The molecule has 29 heavy (non-hydrogen) atoms. The van der Waals surface area contributed by atoms with Gasteiger partial charge in [-0.3, -0.25) is 4.98 Å². The van der Waals surface area contributed by atoms with Crippen LogP contribution in [-0.2, 0) is 21.2 Å². The number of alkyl carbamates (subject to hydrolysis) is 1. The zero-order chi connectivity index (χ0) is 21.2. The molecular formula is C19H19FN4O4S. The third-order valence-electron chi connectivity index (χ3n) is 4.15. The second kappa shape index (κ2) is 8.00. The predicted octanol–water partition coefficient (Wildman–Crippen LogP) is 2.71. The van der Waals surface area contributed by atoms with E-state index in [1.165, 1.54) is 31.4 Å². The summed E-state index contributed by atoms with van der Waals surface area (Å²) in [5.74, 6) is -0.604. The van der Waals surface area contributed by atoms with Crippen molar-refractivity contribution in [2.45, 2.75) is 30.4 Å². The zero-order valence-electron chi connectivity index (χ0n) is 16.0. The van der Waals surface area contributed by atoms with E-state index in [9.17, 15) is 17.6 Å². The van der Waals surface area contributed by atoms with E-state index in [1.54, 1.807) is 32.0 Å². The molecule has 0 radical (unpaired) electrons. The van der Waals surface area contributed by atoms with Crippen molar-refractivity contribution in [1.82, 2.24) is 20.1 Å². The van der Waals surface area contributed by atoms with Gasteiger partial charge in [-0.05, 0) is 37.6 Å². The lowest BCUT2D eigenvalue weighted by Gasteiger charge is -2.10. The lowest BCUT2D eigenvalue weighted by molar-refractivity contribution is 0.140. The molecule has 0 unspecified atom stereocenters. The molecule has 10 heteroatoms. The van der Waals surface area contributed by atoms with E-state index in [0.29, 0.717) is 11.3 Å². The molecule has 0 aliphatic carbocycles. The number of rotatable bonds is 5. The number of nitrogens with zero attached hydrogens (tertiary/aromatic N) is 3. The molecule has 1 amide bonds. The summed E-state index contributed by atoms with van der Waals surface area (Å²) < 4.78 is 47.1. The van der Waals surface area contributed by atoms with Gasteiger partial charge in [0.25, 0.3) is 0 Å². The first-order valence-corrected chi connectivity index (χ1v) is 10.1. The molecule has 0 atom stereocenters. The summed E-state index contributed by atoms with van der Waals surface area (Å²) in [7, 11) is -2.68. The molecule has 0 saturated heterocycles. The van der Waals surface area contributed by atoms with Gasteiger partial charge >= 0.3 is 6.09 Å². The van der Waals surface area contributed by atoms with Crippen LogP contribution in [0.1, 0.15) is 17.0 Å². The van der Waals surface area contributed by atoms with Gasteiger partial charge in [-0.15, -0.1) is 0 Å². The highest BCUT2D eigenvalue weighted by Gasteiger charge is 2.27. The summed E-state index contributed by atoms with van der Waals surface area (Å²) in [6, 6.07) is 8.82. The van der Waals surface area contributed by atoms with Crippen molar-refractivity contribution >= 4 is 15.9 Å². The number of hydrogen-bond acceptors (Lipinski definition) is 6. The molecule has 152 valence electrons. The number of ether oxygens (including phenoxy) is 1. The Morgan fingerprint density at radius 2 is 2.00 bits per heavy atom. The average Bonchev–Trinajstić information content (AvgIpc) is 3.13. The van der Waals surface area contributed by atoms with Crippen molar-refractivity contribution in [3.63, 3.8) is 0 Å². The molecule has 0 fully saturated rings. The monoisotopic (exact) mass is 418 g/mol. The average molecular weight is 418 g/mol. The Bertz CT molecular complexity index is 1160. The normalized spacial score (nSPS) is 11.3. The topological polar surface area (TPSA) is 103 Å². The standard InChI is InChI=1S/C19H19FN4O4S/c1-12-5-4-6-16(18(12)20)24-17(9-14(23-24)11-28-19(25)21-3)29(26,27)15-8-7-13(2)22-10-15/h4-10H,11H2,1-3H3,(H,21,25). The molecule has 0 aliphatic rings. The minimum absolute atomic E-state index is 0.0326. The molecule has 8 nitrogen and oxygen atoms in total. The number of hydrogen-bond donors (Lipinski definition) is 1. The molecule has 0 spiro atoms. The molecule has 0 aliphatic heterocycles. The number of carbonyl (C=O) groups excluding carboxylic acids is 1. The van der Waals surface area contributed by atoms with Crippen LogP contribution in [0.2, 0.25) is 0 Å². The minimum Gasteiger partial charge on any atom is -0.443 e. The number of nitrogens with one attached hydrogen (secondary N) is 1. The molecule has 2 aromatic heterocycles. The van der Waals surface area contributed by atoms with Gasteiger partial charge in [-0.25, -0.2) is 22.3 Å². The fourth-order valence-electron chi connectivity index (χ4n) is 2.59. The molecule has 3 aromatic rings. The number of pyridine rings is 1. The third kappa shape index (κ3) is 4.11. The van der Waals surface area contributed by atoms with Crippen LogP contribution < -0.4 is 5.32 Å². The highest BCUT2D eigenvalue weighted by molar-refractivity contribution is 7.91. The Balaban J connectivity index is 2.16. The van der Waals surface area contributed by atoms with Crippen molar-refractivity contribution in [3.8, 4) is 5.69 Å². The summed E-state index contributed by atoms with van der Waals surface area (Å²) in [5, 5.41) is 6.19. The number of benzene rings is 1. The van der Waals surface area contributed by atoms with E-state index in [1.807, 2.05) is 0 Å². The van der Waals surface area contributed by atoms with Gasteiger partial charge in [-0.1, -0.05) is 12.1 Å². The number of amides is 1. The molecule has 0 bridgehead atoms. The van der Waals surface area contributed by atoms with Crippen molar-refractivity contribution in [1.29, 1.82) is 0 Å². The third-order valence-corrected chi connectivity index (χ3v) is 5.86. The van der Waals surface area contributed by atoms with Crippen molar-refractivity contribution in [2.24, 2.45) is 0 Å². The number of aryl methyl sites for hydroxylation is 2. The van der Waals surface area contributed by atoms with E-state index in [2.05, 4.69) is 15.4 Å². The van der Waals surface area contributed by atoms with Crippen LogP contribution in [0.5, 0.6) is 0 Å². The lowest BCUT2D eigenvalue weighted by Crippen LogP contribution is -2.19. The molecular weight excluding hydrogens is 399 g/mol. The first kappa shape index (κ1) is 20.5. The summed E-state index contributed by atoms with van der Waals surface area (Å²) in [5.41, 5.74) is 1.10. The highest BCUT2D eigenvalue weighted by atomic mass is 32.2. The van der Waals surface area contributed by atoms with Crippen LogP contribution in [0.3, 0.4) is 0 Å². The molecule has 0 saturated carbocycles. The zero-order valence-corrected chi connectivity index (χ0v) is 16.8. The van der Waals surface area contributed by atoms with Crippen LogP contribution >= 0.6 is 0 Å². The van der Waals surface area contributed by atoms with E-state index in [0.717, 1.165) is 4.68 Å². The van der Waals surface area contributed by atoms with Gasteiger partial charge in [-0.2, -0.15) is 5.10 Å². The van der Waals surface area contributed by atoms with Crippen LogP contribution in [0, 0.1) is 19.7 Å². The maximum Gasteiger partial charge on any atom is 0.407 e. The number of halogens is 1. The summed E-state index contributed by atoms with van der Waals surface area (Å²) in [6.45, 7) is 3.02. The Morgan fingerprint density at radius 3 is 2.66 bits per heavy atom. The largest absolute Gasteiger partial charge is 0.443 e. The van der Waals surface area contributed by atoms with E-state index in [-0.39, 0.29) is 27.9 Å². The summed E-state index contributed by atoms with van der Waals surface area (Å²) >= 11 is 0. The number of aromatic nitrogens is 3. The Morgan fingerprint density at radius 1 is 1.24 bits per heavy atom. The summed E-state index contributed by atoms with van der Waals surface area (Å²) in [4.78, 5) is 15.3. The lowest BCUT2D eigenvalue weighted by atomic mass is 10.2. The summed E-state index contributed by atoms with van der Waals surface area (Å²) in [6.07, 6.45) is 0.531. The Labute approximate surface area is 167 Å². The molecule has 1 N–H and O–H groups in total. The van der Waals surface area contributed by atoms with Crippen LogP contribution in [0.15, 0.2) is 52.5 Å². The van der Waals surface area contributed by atoms with Crippen LogP contribution in [0.25, 0.3) is 5.69 Å². The fraction of sp³-hybridized carbons (Fsp3) is 0.211. The van der Waals surface area contributed by atoms with Crippen molar-refractivity contribution < 1.29 is 22.3 Å². The van der Waals surface area contributed by atoms with Gasteiger partial charge in [0.05, 0.1) is 4.90 Å². The second-order valence-electron chi connectivity index (χ2n) is 6.26. The first-order valence-electron chi connectivity index (χ1n) is 8.60.